The maximum absolute atomic E-state index is 10.5. The minimum absolute atomic E-state index is 0.279. The molecule has 0 fully saturated rings. The molecule has 0 saturated heterocycles. The molecule has 0 aliphatic rings. The summed E-state index contributed by atoms with van der Waals surface area (Å²) >= 11 is 15.8. The zero-order chi connectivity index (χ0) is 8.43. The van der Waals surface area contributed by atoms with E-state index in [2.05, 4.69) is 0 Å². The fourth-order valence-corrected chi connectivity index (χ4v) is 2.24. The molecular formula is C6H2Cl3IO. The fraction of sp³-hybridized carbons (Fsp3) is 0. The van der Waals surface area contributed by atoms with Crippen LogP contribution in [0.1, 0.15) is 0 Å². The topological polar surface area (TPSA) is 17.1 Å². The Balaban J connectivity index is 3.36. The highest BCUT2D eigenvalue weighted by Gasteiger charge is 2.07. The van der Waals surface area contributed by atoms with E-state index in [1.54, 1.807) is 12.1 Å². The predicted octanol–water partition coefficient (Wildman–Crippen LogP) is 4.13. The number of rotatable bonds is 1. The third kappa shape index (κ3) is 2.05. The van der Waals surface area contributed by atoms with Crippen LogP contribution in [-0.2, 0) is 3.07 Å². The number of hydrogen-bond donors (Lipinski definition) is 0. The first-order valence-electron chi connectivity index (χ1n) is 2.57. The summed E-state index contributed by atoms with van der Waals surface area (Å²) in [5.41, 5.74) is 0. The van der Waals surface area contributed by atoms with Crippen LogP contribution in [0, 0.1) is 3.57 Å². The molecule has 60 valence electrons. The summed E-state index contributed by atoms with van der Waals surface area (Å²) in [6.45, 7) is 0. The molecule has 1 nitrogen and oxygen atoms in total. The van der Waals surface area contributed by atoms with Crippen molar-refractivity contribution >= 4 is 56.0 Å². The van der Waals surface area contributed by atoms with Crippen molar-refractivity contribution in [1.29, 1.82) is 0 Å². The highest BCUT2D eigenvalue weighted by Crippen LogP contribution is 2.34. The molecule has 0 unspecified atom stereocenters. The van der Waals surface area contributed by atoms with Gasteiger partial charge in [-0.1, -0.05) is 34.8 Å². The Morgan fingerprint density at radius 2 is 1.73 bits per heavy atom. The smallest absolute Gasteiger partial charge is 0.183 e. The molecule has 0 bridgehead atoms. The van der Waals surface area contributed by atoms with Crippen LogP contribution in [-0.4, -0.2) is 0 Å². The second-order valence-corrected chi connectivity index (χ2v) is 4.50. The van der Waals surface area contributed by atoms with Crippen molar-refractivity contribution in [2.24, 2.45) is 0 Å². The van der Waals surface area contributed by atoms with Gasteiger partial charge >= 0.3 is 0 Å². The van der Waals surface area contributed by atoms with Crippen molar-refractivity contribution in [3.8, 4) is 0 Å². The van der Waals surface area contributed by atoms with E-state index < -0.39 is 21.2 Å². The molecule has 0 atom stereocenters. The molecule has 0 heterocycles. The van der Waals surface area contributed by atoms with E-state index in [0.29, 0.717) is 13.6 Å². The second kappa shape index (κ2) is 4.03. The van der Waals surface area contributed by atoms with Crippen molar-refractivity contribution in [2.45, 2.75) is 0 Å². The first kappa shape index (κ1) is 9.71. The summed E-state index contributed by atoms with van der Waals surface area (Å²) in [7, 11) is 0. The molecule has 0 N–H and O–H groups in total. The first-order chi connectivity index (χ1) is 5.16. The average molecular weight is 323 g/mol. The van der Waals surface area contributed by atoms with Gasteiger partial charge in [-0.15, -0.1) is 0 Å². The third-order valence-electron chi connectivity index (χ3n) is 1.07. The van der Waals surface area contributed by atoms with Crippen molar-refractivity contribution in [1.82, 2.24) is 0 Å². The Morgan fingerprint density at radius 1 is 1.09 bits per heavy atom. The van der Waals surface area contributed by atoms with Gasteiger partial charge < -0.3 is 0 Å². The SMILES string of the molecule is O=Ic1ccc(Cl)c(Cl)c1Cl. The molecule has 0 amide bonds. The van der Waals surface area contributed by atoms with Gasteiger partial charge in [0.15, 0.2) is 21.2 Å². The molecule has 0 aliphatic carbocycles. The highest BCUT2D eigenvalue weighted by molar-refractivity contribution is 14.1. The van der Waals surface area contributed by atoms with Gasteiger partial charge in [0.05, 0.1) is 18.6 Å². The summed E-state index contributed by atoms with van der Waals surface area (Å²) in [5, 5.41) is 0.973. The van der Waals surface area contributed by atoms with Gasteiger partial charge in [0, 0.05) is 0 Å². The summed E-state index contributed by atoms with van der Waals surface area (Å²) < 4.78 is 11.1. The molecule has 0 aliphatic heterocycles. The van der Waals surface area contributed by atoms with Crippen LogP contribution in [0.2, 0.25) is 15.1 Å². The Hall–Kier alpha value is 0.620. The zero-order valence-electron chi connectivity index (χ0n) is 5.07. The van der Waals surface area contributed by atoms with Crippen molar-refractivity contribution in [3.05, 3.63) is 30.8 Å². The summed E-state index contributed by atoms with van der Waals surface area (Å²) in [6, 6.07) is 3.21. The standard InChI is InChI=1S/C6H2Cl3IO/c7-3-1-2-4(10-11)6(9)5(3)8/h1-2H. The molecule has 5 heteroatoms. The van der Waals surface area contributed by atoms with Crippen LogP contribution in [0.5, 0.6) is 0 Å². The lowest BCUT2D eigenvalue weighted by Gasteiger charge is -1.98. The average Bonchev–Trinajstić information content (AvgIpc) is 2.01. The second-order valence-electron chi connectivity index (χ2n) is 1.73. The van der Waals surface area contributed by atoms with Gasteiger partial charge in [-0.2, -0.15) is 0 Å². The normalized spacial score (nSPS) is 10.1. The molecule has 0 saturated carbocycles. The van der Waals surface area contributed by atoms with Gasteiger partial charge in [-0.05, 0) is 12.1 Å². The maximum Gasteiger partial charge on any atom is 0.183 e. The maximum atomic E-state index is 10.5. The van der Waals surface area contributed by atoms with Crippen LogP contribution in [0.4, 0.5) is 0 Å². The van der Waals surface area contributed by atoms with E-state index in [0.717, 1.165) is 0 Å². The minimum atomic E-state index is -1.27. The van der Waals surface area contributed by atoms with Gasteiger partial charge in [0.1, 0.15) is 0 Å². The van der Waals surface area contributed by atoms with E-state index in [1.807, 2.05) is 0 Å². The molecule has 11 heavy (non-hydrogen) atoms. The number of benzene rings is 1. The van der Waals surface area contributed by atoms with E-state index >= 15 is 0 Å². The van der Waals surface area contributed by atoms with Crippen LogP contribution in [0.25, 0.3) is 0 Å². The quantitative estimate of drug-likeness (QED) is 0.431. The lowest BCUT2D eigenvalue weighted by Crippen LogP contribution is -1.76. The summed E-state index contributed by atoms with van der Waals surface area (Å²) in [4.78, 5) is 0. The Labute approximate surface area is 89.3 Å². The van der Waals surface area contributed by atoms with E-state index in [1.165, 1.54) is 0 Å². The van der Waals surface area contributed by atoms with Gasteiger partial charge in [0.2, 0.25) is 0 Å². The first-order valence-corrected chi connectivity index (χ1v) is 5.66. The largest absolute Gasteiger partial charge is 0.265 e. The van der Waals surface area contributed by atoms with Crippen LogP contribution < -0.4 is 0 Å². The Bertz CT molecular complexity index is 300. The lowest BCUT2D eigenvalue weighted by atomic mass is 10.4. The monoisotopic (exact) mass is 322 g/mol. The highest BCUT2D eigenvalue weighted by atomic mass is 127. The Morgan fingerprint density at radius 3 is 2.27 bits per heavy atom. The van der Waals surface area contributed by atoms with Crippen LogP contribution in [0.3, 0.4) is 0 Å². The van der Waals surface area contributed by atoms with Gasteiger partial charge in [0.25, 0.3) is 0 Å². The number of hydrogen-bond acceptors (Lipinski definition) is 1. The zero-order valence-corrected chi connectivity index (χ0v) is 9.50. The van der Waals surface area contributed by atoms with Crippen LogP contribution in [0.15, 0.2) is 12.1 Å². The molecule has 1 aromatic carbocycles. The Kier molecular flexibility index (Phi) is 3.55. The molecular weight excluding hydrogens is 321 g/mol. The number of halogens is 4. The summed E-state index contributed by atoms with van der Waals surface area (Å²) in [6.07, 6.45) is 0. The van der Waals surface area contributed by atoms with Crippen LogP contribution >= 0.6 is 56.0 Å². The molecule has 0 aromatic heterocycles. The van der Waals surface area contributed by atoms with Gasteiger partial charge in [-0.25, -0.2) is 0 Å². The fourth-order valence-electron chi connectivity index (χ4n) is 0.562. The van der Waals surface area contributed by atoms with E-state index in [9.17, 15) is 3.07 Å². The minimum Gasteiger partial charge on any atom is -0.265 e. The van der Waals surface area contributed by atoms with Crippen molar-refractivity contribution in [2.75, 3.05) is 0 Å². The van der Waals surface area contributed by atoms with Crippen molar-refractivity contribution < 1.29 is 3.07 Å². The van der Waals surface area contributed by atoms with E-state index in [-0.39, 0.29) is 5.02 Å². The predicted molar refractivity (Wildman–Crippen MR) is 54.9 cm³/mol. The molecule has 1 rings (SSSR count). The van der Waals surface area contributed by atoms with E-state index in [4.69, 9.17) is 34.8 Å². The molecule has 0 spiro atoms. The third-order valence-corrected chi connectivity index (χ3v) is 4.06. The van der Waals surface area contributed by atoms with Gasteiger partial charge in [-0.3, -0.25) is 3.07 Å². The summed E-state index contributed by atoms with van der Waals surface area (Å²) in [5.74, 6) is 0. The lowest BCUT2D eigenvalue weighted by molar-refractivity contribution is 0.648. The molecule has 1 aromatic rings. The molecule has 0 radical (unpaired) electrons. The van der Waals surface area contributed by atoms with Crippen molar-refractivity contribution in [3.63, 3.8) is 0 Å².